The van der Waals surface area contributed by atoms with Crippen LogP contribution in [0.4, 0.5) is 14.5 Å². The standard InChI is InChI=1S/C16H21F2N3O/c17-10-4-5-15(13(18)8-10)21-7-6-11(9-21)20-16(22)12-2-1-3-14(12)19/h4-5,8,11-12,14H,1-3,6-7,9,19H2,(H,20,22)/t11-,12+,14+/m0/s1. The predicted molar refractivity (Wildman–Crippen MR) is 80.4 cm³/mol. The van der Waals surface area contributed by atoms with Crippen LogP contribution in [0.2, 0.25) is 0 Å². The first-order chi connectivity index (χ1) is 10.5. The van der Waals surface area contributed by atoms with E-state index in [1.54, 1.807) is 0 Å². The highest BCUT2D eigenvalue weighted by molar-refractivity contribution is 5.80. The fraction of sp³-hybridized carbons (Fsp3) is 0.562. The molecule has 0 unspecified atom stereocenters. The van der Waals surface area contributed by atoms with E-state index in [0.29, 0.717) is 18.8 Å². The topological polar surface area (TPSA) is 58.4 Å². The minimum Gasteiger partial charge on any atom is -0.367 e. The summed E-state index contributed by atoms with van der Waals surface area (Å²) < 4.78 is 26.8. The van der Waals surface area contributed by atoms with E-state index in [9.17, 15) is 13.6 Å². The number of carbonyl (C=O) groups excluding carboxylic acids is 1. The normalized spacial score (nSPS) is 28.1. The molecule has 1 aromatic carbocycles. The van der Waals surface area contributed by atoms with Crippen LogP contribution in [0.3, 0.4) is 0 Å². The van der Waals surface area contributed by atoms with Crippen molar-refractivity contribution in [3.63, 3.8) is 0 Å². The summed E-state index contributed by atoms with van der Waals surface area (Å²) in [7, 11) is 0. The van der Waals surface area contributed by atoms with Gasteiger partial charge in [-0.1, -0.05) is 6.42 Å². The molecule has 1 amide bonds. The van der Waals surface area contributed by atoms with Gasteiger partial charge in [0.2, 0.25) is 5.91 Å². The second-order valence-corrected chi connectivity index (χ2v) is 6.24. The second-order valence-electron chi connectivity index (χ2n) is 6.24. The number of rotatable bonds is 3. The van der Waals surface area contributed by atoms with Gasteiger partial charge >= 0.3 is 0 Å². The van der Waals surface area contributed by atoms with Crippen LogP contribution < -0.4 is 16.0 Å². The molecular weight excluding hydrogens is 288 g/mol. The molecule has 3 atom stereocenters. The zero-order valence-electron chi connectivity index (χ0n) is 12.4. The summed E-state index contributed by atoms with van der Waals surface area (Å²) in [6.45, 7) is 1.18. The molecule has 4 nitrogen and oxygen atoms in total. The molecule has 3 rings (SSSR count). The van der Waals surface area contributed by atoms with Crippen molar-refractivity contribution in [1.82, 2.24) is 5.32 Å². The lowest BCUT2D eigenvalue weighted by Gasteiger charge is -2.21. The molecule has 2 aliphatic rings. The van der Waals surface area contributed by atoms with Gasteiger partial charge < -0.3 is 16.0 Å². The Kier molecular flexibility index (Phi) is 4.29. The van der Waals surface area contributed by atoms with Gasteiger partial charge in [-0.2, -0.15) is 0 Å². The van der Waals surface area contributed by atoms with Gasteiger partial charge in [-0.15, -0.1) is 0 Å². The van der Waals surface area contributed by atoms with Gasteiger partial charge in [0.05, 0.1) is 11.6 Å². The molecule has 1 aliphatic carbocycles. The monoisotopic (exact) mass is 309 g/mol. The Bertz CT molecular complexity index is 566. The first-order valence-corrected chi connectivity index (χ1v) is 7.80. The molecule has 0 spiro atoms. The van der Waals surface area contributed by atoms with Crippen molar-refractivity contribution in [3.05, 3.63) is 29.8 Å². The van der Waals surface area contributed by atoms with Crippen molar-refractivity contribution >= 4 is 11.6 Å². The third-order valence-corrected chi connectivity index (χ3v) is 4.69. The summed E-state index contributed by atoms with van der Waals surface area (Å²) in [5, 5.41) is 3.02. The fourth-order valence-corrected chi connectivity index (χ4v) is 3.46. The fourth-order valence-electron chi connectivity index (χ4n) is 3.46. The summed E-state index contributed by atoms with van der Waals surface area (Å²) in [4.78, 5) is 14.1. The van der Waals surface area contributed by atoms with Crippen molar-refractivity contribution < 1.29 is 13.6 Å². The van der Waals surface area contributed by atoms with E-state index in [1.165, 1.54) is 12.1 Å². The Morgan fingerprint density at radius 3 is 2.77 bits per heavy atom. The van der Waals surface area contributed by atoms with E-state index in [2.05, 4.69) is 5.32 Å². The molecule has 0 bridgehead atoms. The van der Waals surface area contributed by atoms with Gasteiger partial charge in [0, 0.05) is 31.2 Å². The number of carbonyl (C=O) groups is 1. The number of anilines is 1. The number of benzene rings is 1. The van der Waals surface area contributed by atoms with Crippen LogP contribution in [0, 0.1) is 17.6 Å². The first kappa shape index (κ1) is 15.2. The third-order valence-electron chi connectivity index (χ3n) is 4.69. The molecule has 1 saturated carbocycles. The molecule has 0 radical (unpaired) electrons. The number of nitrogens with zero attached hydrogens (tertiary/aromatic N) is 1. The molecule has 0 aromatic heterocycles. The Labute approximate surface area is 128 Å². The quantitative estimate of drug-likeness (QED) is 0.895. The minimum absolute atomic E-state index is 0.00949. The van der Waals surface area contributed by atoms with E-state index < -0.39 is 11.6 Å². The largest absolute Gasteiger partial charge is 0.367 e. The molecule has 1 heterocycles. The van der Waals surface area contributed by atoms with Crippen LogP contribution in [0.15, 0.2) is 18.2 Å². The van der Waals surface area contributed by atoms with Gasteiger partial charge in [-0.05, 0) is 31.4 Å². The molecule has 1 aromatic rings. The lowest BCUT2D eigenvalue weighted by molar-refractivity contribution is -0.125. The minimum atomic E-state index is -0.583. The zero-order chi connectivity index (χ0) is 15.7. The smallest absolute Gasteiger partial charge is 0.224 e. The highest BCUT2D eigenvalue weighted by Crippen LogP contribution is 2.26. The highest BCUT2D eigenvalue weighted by atomic mass is 19.1. The maximum atomic E-state index is 13.8. The molecule has 22 heavy (non-hydrogen) atoms. The number of hydrogen-bond acceptors (Lipinski definition) is 3. The molecule has 6 heteroatoms. The summed E-state index contributed by atoms with van der Waals surface area (Å²) in [5.74, 6) is -1.24. The van der Waals surface area contributed by atoms with E-state index >= 15 is 0 Å². The lowest BCUT2D eigenvalue weighted by atomic mass is 10.0. The predicted octanol–water partition coefficient (Wildman–Crippen LogP) is 1.79. The average Bonchev–Trinajstić information content (AvgIpc) is 3.08. The van der Waals surface area contributed by atoms with Crippen LogP contribution in [0.25, 0.3) is 0 Å². The lowest BCUT2D eigenvalue weighted by Crippen LogP contribution is -2.44. The molecule has 1 aliphatic heterocycles. The SMILES string of the molecule is N[C@@H]1CCC[C@H]1C(=O)N[C@H]1CCN(c2ccc(F)cc2F)C1. The first-order valence-electron chi connectivity index (χ1n) is 7.80. The van der Waals surface area contributed by atoms with Crippen LogP contribution in [0.5, 0.6) is 0 Å². The highest BCUT2D eigenvalue weighted by Gasteiger charge is 2.33. The molecule has 2 fully saturated rings. The maximum absolute atomic E-state index is 13.8. The van der Waals surface area contributed by atoms with E-state index in [-0.39, 0.29) is 23.9 Å². The number of nitrogens with two attached hydrogens (primary N) is 1. The summed E-state index contributed by atoms with van der Waals surface area (Å²) >= 11 is 0. The molecule has 120 valence electrons. The average molecular weight is 309 g/mol. The zero-order valence-corrected chi connectivity index (χ0v) is 12.4. The van der Waals surface area contributed by atoms with Crippen molar-refractivity contribution in [2.24, 2.45) is 11.7 Å². The van der Waals surface area contributed by atoms with Crippen molar-refractivity contribution in [2.75, 3.05) is 18.0 Å². The Morgan fingerprint density at radius 1 is 1.27 bits per heavy atom. The Morgan fingerprint density at radius 2 is 2.09 bits per heavy atom. The van der Waals surface area contributed by atoms with Crippen LogP contribution >= 0.6 is 0 Å². The number of nitrogens with one attached hydrogen (secondary N) is 1. The van der Waals surface area contributed by atoms with Crippen LogP contribution in [0.1, 0.15) is 25.7 Å². The maximum Gasteiger partial charge on any atom is 0.224 e. The number of hydrogen-bond donors (Lipinski definition) is 2. The van der Waals surface area contributed by atoms with E-state index in [1.807, 2.05) is 4.90 Å². The van der Waals surface area contributed by atoms with Crippen molar-refractivity contribution in [3.8, 4) is 0 Å². The molecule has 3 N–H and O–H groups in total. The van der Waals surface area contributed by atoms with Crippen molar-refractivity contribution in [2.45, 2.75) is 37.8 Å². The summed E-state index contributed by atoms with van der Waals surface area (Å²) in [6, 6.07) is 3.53. The number of amides is 1. The molecular formula is C16H21F2N3O. The van der Waals surface area contributed by atoms with Crippen LogP contribution in [-0.4, -0.2) is 31.1 Å². The Balaban J connectivity index is 1.59. The van der Waals surface area contributed by atoms with Gasteiger partial charge in [-0.3, -0.25) is 4.79 Å². The van der Waals surface area contributed by atoms with Gasteiger partial charge in [0.15, 0.2) is 0 Å². The Hall–Kier alpha value is -1.69. The summed E-state index contributed by atoms with van der Waals surface area (Å²) in [5.41, 5.74) is 6.34. The van der Waals surface area contributed by atoms with Gasteiger partial charge in [-0.25, -0.2) is 8.78 Å². The second kappa shape index (κ2) is 6.20. The van der Waals surface area contributed by atoms with Gasteiger partial charge in [0.1, 0.15) is 11.6 Å². The van der Waals surface area contributed by atoms with Crippen molar-refractivity contribution in [1.29, 1.82) is 0 Å². The van der Waals surface area contributed by atoms with E-state index in [4.69, 9.17) is 5.73 Å². The van der Waals surface area contributed by atoms with Gasteiger partial charge in [0.25, 0.3) is 0 Å². The van der Waals surface area contributed by atoms with E-state index in [0.717, 1.165) is 31.7 Å². The summed E-state index contributed by atoms with van der Waals surface area (Å²) in [6.07, 6.45) is 3.49. The number of halogens is 2. The molecule has 1 saturated heterocycles. The third kappa shape index (κ3) is 3.06. The van der Waals surface area contributed by atoms with Crippen LogP contribution in [-0.2, 0) is 4.79 Å².